The fourth-order valence-electron chi connectivity index (χ4n) is 1.29. The van der Waals surface area contributed by atoms with Gasteiger partial charge in [-0.05, 0) is 34.1 Å². The number of halogens is 4. The van der Waals surface area contributed by atoms with Crippen LogP contribution in [0, 0.1) is 0 Å². The molecule has 0 unspecified atom stereocenters. The van der Waals surface area contributed by atoms with Gasteiger partial charge in [-0.15, -0.1) is 0 Å². The van der Waals surface area contributed by atoms with Crippen molar-refractivity contribution >= 4 is 38.4 Å². The highest BCUT2D eigenvalue weighted by Crippen LogP contribution is 2.31. The maximum Gasteiger partial charge on any atom is 0.387 e. The van der Waals surface area contributed by atoms with Gasteiger partial charge in [0.2, 0.25) is 0 Å². The molecule has 0 N–H and O–H groups in total. The molecule has 0 atom stereocenters. The van der Waals surface area contributed by atoms with Crippen molar-refractivity contribution in [3.8, 4) is 5.75 Å². The molecule has 0 radical (unpaired) electrons. The van der Waals surface area contributed by atoms with Crippen LogP contribution in [0.5, 0.6) is 5.75 Å². The van der Waals surface area contributed by atoms with E-state index < -0.39 is 6.61 Å². The SMILES string of the molecule is FC(F)Oc1ccc2ncc(Br)c(Cl)c2c1. The summed E-state index contributed by atoms with van der Waals surface area (Å²) >= 11 is 9.21. The molecule has 0 bridgehead atoms. The summed E-state index contributed by atoms with van der Waals surface area (Å²) in [4.78, 5) is 4.09. The number of fused-ring (bicyclic) bond motifs is 1. The van der Waals surface area contributed by atoms with Gasteiger partial charge in [-0.2, -0.15) is 8.78 Å². The predicted molar refractivity (Wildman–Crippen MR) is 61.1 cm³/mol. The molecule has 2 rings (SSSR count). The first kappa shape index (κ1) is 11.5. The minimum Gasteiger partial charge on any atom is -0.435 e. The molecule has 6 heteroatoms. The van der Waals surface area contributed by atoms with E-state index in [-0.39, 0.29) is 5.75 Å². The van der Waals surface area contributed by atoms with Crippen molar-refractivity contribution in [3.63, 3.8) is 0 Å². The van der Waals surface area contributed by atoms with Crippen LogP contribution >= 0.6 is 27.5 Å². The molecule has 0 spiro atoms. The molecule has 2 aromatic rings. The number of nitrogens with zero attached hydrogens (tertiary/aromatic N) is 1. The maximum absolute atomic E-state index is 12.0. The van der Waals surface area contributed by atoms with E-state index in [0.29, 0.717) is 20.4 Å². The second-order valence-corrected chi connectivity index (χ2v) is 4.21. The second-order valence-electron chi connectivity index (χ2n) is 2.98. The quantitative estimate of drug-likeness (QED) is 0.827. The van der Waals surface area contributed by atoms with Gasteiger partial charge in [0, 0.05) is 11.6 Å². The Morgan fingerprint density at radius 1 is 1.38 bits per heavy atom. The molecule has 1 aromatic carbocycles. The summed E-state index contributed by atoms with van der Waals surface area (Å²) < 4.78 is 28.9. The van der Waals surface area contributed by atoms with Crippen LogP contribution in [0.15, 0.2) is 28.9 Å². The van der Waals surface area contributed by atoms with E-state index in [4.69, 9.17) is 11.6 Å². The topological polar surface area (TPSA) is 22.1 Å². The molecular weight excluding hydrogens is 303 g/mol. The number of pyridine rings is 1. The lowest BCUT2D eigenvalue weighted by Gasteiger charge is -2.06. The minimum absolute atomic E-state index is 0.0595. The van der Waals surface area contributed by atoms with Crippen LogP contribution in [0.3, 0.4) is 0 Å². The highest BCUT2D eigenvalue weighted by Gasteiger charge is 2.08. The van der Waals surface area contributed by atoms with Crippen LogP contribution in [0.4, 0.5) is 8.78 Å². The number of hydrogen-bond donors (Lipinski definition) is 0. The second kappa shape index (κ2) is 4.51. The first-order valence-corrected chi connectivity index (χ1v) is 5.43. The lowest BCUT2D eigenvalue weighted by Crippen LogP contribution is -2.01. The molecule has 0 aliphatic carbocycles. The molecular formula is C10H5BrClF2NO. The Morgan fingerprint density at radius 3 is 2.81 bits per heavy atom. The van der Waals surface area contributed by atoms with Crippen LogP contribution < -0.4 is 4.74 Å². The fraction of sp³-hybridized carbons (Fsp3) is 0.100. The third kappa shape index (κ3) is 2.25. The molecule has 2 nitrogen and oxygen atoms in total. The lowest BCUT2D eigenvalue weighted by molar-refractivity contribution is -0.0497. The standard InChI is InChI=1S/C10H5BrClF2NO/c11-7-4-15-8-2-1-5(16-10(13)14)3-6(8)9(7)12/h1-4,10H. The van der Waals surface area contributed by atoms with Crippen molar-refractivity contribution in [1.82, 2.24) is 4.98 Å². The lowest BCUT2D eigenvalue weighted by atomic mass is 10.2. The first-order chi connectivity index (χ1) is 7.58. The Balaban J connectivity index is 2.55. The molecule has 0 saturated heterocycles. The van der Waals surface area contributed by atoms with Crippen molar-refractivity contribution in [2.45, 2.75) is 6.61 Å². The average Bonchev–Trinajstić information content (AvgIpc) is 2.23. The van der Waals surface area contributed by atoms with Gasteiger partial charge in [-0.1, -0.05) is 11.6 Å². The number of rotatable bonds is 2. The van der Waals surface area contributed by atoms with Gasteiger partial charge in [0.1, 0.15) is 5.75 Å². The molecule has 16 heavy (non-hydrogen) atoms. The Bertz CT molecular complexity index is 535. The van der Waals surface area contributed by atoms with Gasteiger partial charge in [0.25, 0.3) is 0 Å². The molecule has 0 saturated carbocycles. The maximum atomic E-state index is 12.0. The Hall–Kier alpha value is -0.940. The Labute approximate surface area is 103 Å². The van der Waals surface area contributed by atoms with Gasteiger partial charge in [-0.25, -0.2) is 0 Å². The predicted octanol–water partition coefficient (Wildman–Crippen LogP) is 4.25. The summed E-state index contributed by atoms with van der Waals surface area (Å²) in [6, 6.07) is 4.43. The third-order valence-electron chi connectivity index (χ3n) is 1.96. The number of benzene rings is 1. The van der Waals surface area contributed by atoms with E-state index in [1.54, 1.807) is 12.3 Å². The van der Waals surface area contributed by atoms with E-state index >= 15 is 0 Å². The van der Waals surface area contributed by atoms with Crippen molar-refractivity contribution in [1.29, 1.82) is 0 Å². The Kier molecular flexibility index (Phi) is 3.25. The number of alkyl halides is 2. The third-order valence-corrected chi connectivity index (χ3v) is 3.19. The van der Waals surface area contributed by atoms with Gasteiger partial charge in [-0.3, -0.25) is 4.98 Å². The molecule has 0 fully saturated rings. The van der Waals surface area contributed by atoms with Gasteiger partial charge in [0.15, 0.2) is 0 Å². The largest absolute Gasteiger partial charge is 0.435 e. The van der Waals surface area contributed by atoms with Crippen LogP contribution in [0.2, 0.25) is 5.02 Å². The Morgan fingerprint density at radius 2 is 2.12 bits per heavy atom. The molecule has 0 aliphatic rings. The van der Waals surface area contributed by atoms with Gasteiger partial charge >= 0.3 is 6.61 Å². The normalized spacial score (nSPS) is 11.1. The van der Waals surface area contributed by atoms with Crippen molar-refractivity contribution < 1.29 is 13.5 Å². The van der Waals surface area contributed by atoms with E-state index in [9.17, 15) is 8.78 Å². The minimum atomic E-state index is -2.85. The van der Waals surface area contributed by atoms with Crippen molar-refractivity contribution in [2.24, 2.45) is 0 Å². The van der Waals surface area contributed by atoms with Crippen LogP contribution in [0.25, 0.3) is 10.9 Å². The summed E-state index contributed by atoms with van der Waals surface area (Å²) in [5.74, 6) is 0.0595. The van der Waals surface area contributed by atoms with E-state index in [2.05, 4.69) is 25.7 Å². The van der Waals surface area contributed by atoms with Crippen LogP contribution in [-0.2, 0) is 0 Å². The van der Waals surface area contributed by atoms with Crippen molar-refractivity contribution in [2.75, 3.05) is 0 Å². The van der Waals surface area contributed by atoms with E-state index in [1.807, 2.05) is 0 Å². The summed E-state index contributed by atoms with van der Waals surface area (Å²) in [7, 11) is 0. The van der Waals surface area contributed by atoms with Gasteiger partial charge < -0.3 is 4.74 Å². The fourth-order valence-corrected chi connectivity index (χ4v) is 1.81. The number of ether oxygens (including phenoxy) is 1. The number of aromatic nitrogens is 1. The molecule has 1 heterocycles. The number of hydrogen-bond acceptors (Lipinski definition) is 2. The van der Waals surface area contributed by atoms with E-state index in [1.165, 1.54) is 12.1 Å². The average molecular weight is 309 g/mol. The molecule has 0 aliphatic heterocycles. The van der Waals surface area contributed by atoms with Gasteiger partial charge in [0.05, 0.1) is 15.0 Å². The van der Waals surface area contributed by atoms with Crippen molar-refractivity contribution in [3.05, 3.63) is 33.9 Å². The molecule has 0 amide bonds. The first-order valence-electron chi connectivity index (χ1n) is 4.26. The highest BCUT2D eigenvalue weighted by molar-refractivity contribution is 9.10. The zero-order valence-corrected chi connectivity index (χ0v) is 10.1. The molecule has 84 valence electrons. The highest BCUT2D eigenvalue weighted by atomic mass is 79.9. The smallest absolute Gasteiger partial charge is 0.387 e. The van der Waals surface area contributed by atoms with Crippen LogP contribution in [0.1, 0.15) is 0 Å². The monoisotopic (exact) mass is 307 g/mol. The molecule has 1 aromatic heterocycles. The summed E-state index contributed by atoms with van der Waals surface area (Å²) in [6.45, 7) is -2.85. The zero-order chi connectivity index (χ0) is 11.7. The van der Waals surface area contributed by atoms with Crippen LogP contribution in [-0.4, -0.2) is 11.6 Å². The zero-order valence-electron chi connectivity index (χ0n) is 7.75. The summed E-state index contributed by atoms with van der Waals surface area (Å²) in [5, 5.41) is 0.985. The summed E-state index contributed by atoms with van der Waals surface area (Å²) in [5.41, 5.74) is 0.620. The summed E-state index contributed by atoms with van der Waals surface area (Å²) in [6.07, 6.45) is 1.55. The van der Waals surface area contributed by atoms with E-state index in [0.717, 1.165) is 0 Å².